The van der Waals surface area contributed by atoms with Crippen molar-refractivity contribution >= 4 is 0 Å². The molecule has 1 unspecified atom stereocenters. The van der Waals surface area contributed by atoms with E-state index in [-0.39, 0.29) is 11.5 Å². The Hall–Kier alpha value is -2.55. The Labute approximate surface area is 150 Å². The van der Waals surface area contributed by atoms with Gasteiger partial charge in [0.2, 0.25) is 0 Å². The highest BCUT2D eigenvalue weighted by Gasteiger charge is 2.23. The Morgan fingerprint density at radius 1 is 0.960 bits per heavy atom. The minimum atomic E-state index is -0.215. The van der Waals surface area contributed by atoms with E-state index < -0.39 is 0 Å². The maximum atomic E-state index is 6.38. The van der Waals surface area contributed by atoms with Crippen LogP contribution in [-0.4, -0.2) is 10.2 Å². The second kappa shape index (κ2) is 6.75. The van der Waals surface area contributed by atoms with Gasteiger partial charge in [-0.25, -0.2) is 0 Å². The molecule has 0 fully saturated rings. The molecule has 0 saturated carbocycles. The van der Waals surface area contributed by atoms with E-state index in [1.807, 2.05) is 18.2 Å². The van der Waals surface area contributed by atoms with Crippen LogP contribution >= 0.6 is 0 Å². The van der Waals surface area contributed by atoms with Crippen LogP contribution in [0.3, 0.4) is 0 Å². The summed E-state index contributed by atoms with van der Waals surface area (Å²) < 4.78 is 6.38. The summed E-state index contributed by atoms with van der Waals surface area (Å²) in [6, 6.07) is 16.8. The number of nitrogens with zero attached hydrogens (tertiary/aromatic N) is 1. The van der Waals surface area contributed by atoms with Gasteiger partial charge in [0.1, 0.15) is 5.75 Å². The summed E-state index contributed by atoms with van der Waals surface area (Å²) in [7, 11) is 0. The van der Waals surface area contributed by atoms with Crippen LogP contribution in [0.1, 0.15) is 54.8 Å². The monoisotopic (exact) mass is 334 g/mol. The second-order valence-corrected chi connectivity index (χ2v) is 7.64. The summed E-state index contributed by atoms with van der Waals surface area (Å²) in [5.41, 5.74) is 5.93. The van der Waals surface area contributed by atoms with Crippen molar-refractivity contribution < 1.29 is 4.74 Å². The number of nitrogens with one attached hydrogen (secondary N) is 1. The molecule has 0 aliphatic heterocycles. The number of benzene rings is 2. The van der Waals surface area contributed by atoms with Gasteiger partial charge in [-0.3, -0.25) is 5.10 Å². The van der Waals surface area contributed by atoms with Gasteiger partial charge in [0.05, 0.1) is 5.69 Å². The quantitative estimate of drug-likeness (QED) is 0.685. The molecule has 2 aromatic carbocycles. The molecule has 1 aromatic heterocycles. The summed E-state index contributed by atoms with van der Waals surface area (Å²) in [5.74, 6) is 0.853. The van der Waals surface area contributed by atoms with Gasteiger partial charge in [0.15, 0.2) is 6.10 Å². The first kappa shape index (κ1) is 17.3. The number of aromatic nitrogens is 2. The van der Waals surface area contributed by atoms with Gasteiger partial charge in [-0.2, -0.15) is 5.10 Å². The van der Waals surface area contributed by atoms with E-state index in [1.54, 1.807) is 6.20 Å². The lowest BCUT2D eigenvalue weighted by atomic mass is 9.84. The Morgan fingerprint density at radius 3 is 2.28 bits per heavy atom. The highest BCUT2D eigenvalue weighted by atomic mass is 16.5. The Kier molecular flexibility index (Phi) is 4.67. The van der Waals surface area contributed by atoms with Crippen LogP contribution in [0, 0.1) is 13.8 Å². The molecule has 0 amide bonds. The standard InChI is InChI=1S/C22H26N2O/c1-15-6-10-18(11-7-15)25-21(20-12-13-23-24-20)19-14-17(22(3,4)5)9-8-16(19)2/h6-14,21H,1-5H3,(H,23,24). The molecule has 3 nitrogen and oxygen atoms in total. The largest absolute Gasteiger partial charge is 0.479 e. The number of ether oxygens (including phenoxy) is 1. The highest BCUT2D eigenvalue weighted by Crippen LogP contribution is 2.33. The smallest absolute Gasteiger partial charge is 0.165 e. The molecule has 0 bridgehead atoms. The fourth-order valence-electron chi connectivity index (χ4n) is 2.85. The topological polar surface area (TPSA) is 37.9 Å². The molecule has 3 heteroatoms. The van der Waals surface area contributed by atoms with Crippen molar-refractivity contribution in [2.24, 2.45) is 0 Å². The predicted molar refractivity (Wildman–Crippen MR) is 102 cm³/mol. The van der Waals surface area contributed by atoms with Crippen molar-refractivity contribution in [2.75, 3.05) is 0 Å². The zero-order valence-electron chi connectivity index (χ0n) is 15.6. The number of hydrogen-bond donors (Lipinski definition) is 1. The molecule has 1 N–H and O–H groups in total. The lowest BCUT2D eigenvalue weighted by molar-refractivity contribution is 0.241. The van der Waals surface area contributed by atoms with Crippen molar-refractivity contribution in [1.29, 1.82) is 0 Å². The first-order valence-corrected chi connectivity index (χ1v) is 8.68. The van der Waals surface area contributed by atoms with E-state index in [0.717, 1.165) is 17.0 Å². The van der Waals surface area contributed by atoms with E-state index >= 15 is 0 Å². The zero-order valence-corrected chi connectivity index (χ0v) is 15.6. The third kappa shape index (κ3) is 3.93. The molecule has 0 aliphatic rings. The van der Waals surface area contributed by atoms with Crippen molar-refractivity contribution in [1.82, 2.24) is 10.2 Å². The fraction of sp³-hybridized carbons (Fsp3) is 0.318. The van der Waals surface area contributed by atoms with Gasteiger partial charge in [0, 0.05) is 11.8 Å². The summed E-state index contributed by atoms with van der Waals surface area (Å²) in [6.45, 7) is 10.9. The van der Waals surface area contributed by atoms with Crippen LogP contribution in [-0.2, 0) is 5.41 Å². The van der Waals surface area contributed by atoms with Crippen molar-refractivity contribution in [3.05, 3.63) is 82.7 Å². The van der Waals surface area contributed by atoms with Crippen LogP contribution in [0.15, 0.2) is 54.7 Å². The molecule has 0 spiro atoms. The third-order valence-electron chi connectivity index (χ3n) is 4.51. The molecular formula is C22H26N2O. The number of H-pyrrole nitrogens is 1. The van der Waals surface area contributed by atoms with E-state index in [2.05, 4.69) is 75.1 Å². The summed E-state index contributed by atoms with van der Waals surface area (Å²) in [5, 5.41) is 7.20. The lowest BCUT2D eigenvalue weighted by Crippen LogP contribution is -2.16. The summed E-state index contributed by atoms with van der Waals surface area (Å²) in [6.07, 6.45) is 1.55. The normalized spacial score (nSPS) is 12.8. The van der Waals surface area contributed by atoms with E-state index in [1.165, 1.54) is 16.7 Å². The first-order chi connectivity index (χ1) is 11.8. The molecule has 0 aliphatic carbocycles. The molecule has 3 aromatic rings. The number of rotatable bonds is 4. The van der Waals surface area contributed by atoms with Gasteiger partial charge in [-0.1, -0.05) is 56.7 Å². The van der Waals surface area contributed by atoms with E-state index in [0.29, 0.717) is 0 Å². The zero-order chi connectivity index (χ0) is 18.0. The van der Waals surface area contributed by atoms with Gasteiger partial charge < -0.3 is 4.74 Å². The summed E-state index contributed by atoms with van der Waals surface area (Å²) >= 11 is 0. The minimum absolute atomic E-state index is 0.0881. The summed E-state index contributed by atoms with van der Waals surface area (Å²) in [4.78, 5) is 0. The molecule has 130 valence electrons. The van der Waals surface area contributed by atoms with E-state index in [9.17, 15) is 0 Å². The van der Waals surface area contributed by atoms with Crippen molar-refractivity contribution in [3.8, 4) is 5.75 Å². The van der Waals surface area contributed by atoms with Crippen molar-refractivity contribution in [3.63, 3.8) is 0 Å². The average Bonchev–Trinajstić information content (AvgIpc) is 3.08. The van der Waals surface area contributed by atoms with E-state index in [4.69, 9.17) is 4.74 Å². The van der Waals surface area contributed by atoms with Crippen LogP contribution in [0.4, 0.5) is 0 Å². The van der Waals surface area contributed by atoms with Crippen LogP contribution in [0.25, 0.3) is 0 Å². The van der Waals surface area contributed by atoms with Gasteiger partial charge in [-0.05, 0) is 48.6 Å². The Bertz CT molecular complexity index is 827. The SMILES string of the molecule is Cc1ccc(OC(c2ccn[nH]2)c2cc(C(C)(C)C)ccc2C)cc1. The predicted octanol–water partition coefficient (Wildman–Crippen LogP) is 5.49. The lowest BCUT2D eigenvalue weighted by Gasteiger charge is -2.25. The fourth-order valence-corrected chi connectivity index (χ4v) is 2.85. The maximum Gasteiger partial charge on any atom is 0.165 e. The Morgan fingerprint density at radius 2 is 1.68 bits per heavy atom. The molecular weight excluding hydrogens is 308 g/mol. The number of hydrogen-bond acceptors (Lipinski definition) is 2. The van der Waals surface area contributed by atoms with Gasteiger partial charge in [-0.15, -0.1) is 0 Å². The molecule has 3 rings (SSSR count). The number of aromatic amines is 1. The van der Waals surface area contributed by atoms with Gasteiger partial charge >= 0.3 is 0 Å². The third-order valence-corrected chi connectivity index (χ3v) is 4.51. The molecule has 1 atom stereocenters. The second-order valence-electron chi connectivity index (χ2n) is 7.64. The van der Waals surface area contributed by atoms with Crippen LogP contribution < -0.4 is 4.74 Å². The number of aryl methyl sites for hydroxylation is 2. The molecule has 0 radical (unpaired) electrons. The highest BCUT2D eigenvalue weighted by molar-refractivity contribution is 5.40. The minimum Gasteiger partial charge on any atom is -0.479 e. The molecule has 0 saturated heterocycles. The molecule has 1 heterocycles. The maximum absolute atomic E-state index is 6.38. The first-order valence-electron chi connectivity index (χ1n) is 8.68. The average molecular weight is 334 g/mol. The Balaban J connectivity index is 2.05. The molecule has 25 heavy (non-hydrogen) atoms. The van der Waals surface area contributed by atoms with Crippen LogP contribution in [0.5, 0.6) is 5.75 Å². The van der Waals surface area contributed by atoms with Crippen molar-refractivity contribution in [2.45, 2.75) is 46.1 Å². The van der Waals surface area contributed by atoms with Crippen LogP contribution in [0.2, 0.25) is 0 Å². The van der Waals surface area contributed by atoms with Gasteiger partial charge in [0.25, 0.3) is 0 Å².